The van der Waals surface area contributed by atoms with Crippen LogP contribution in [0.25, 0.3) is 0 Å². The Hall–Kier alpha value is -1.38. The van der Waals surface area contributed by atoms with Gasteiger partial charge in [0.1, 0.15) is 6.07 Å². The summed E-state index contributed by atoms with van der Waals surface area (Å²) in [6.07, 6.45) is 3.57. The van der Waals surface area contributed by atoms with Gasteiger partial charge in [0.05, 0.1) is 12.3 Å². The van der Waals surface area contributed by atoms with Crippen molar-refractivity contribution in [3.05, 3.63) is 17.5 Å². The Morgan fingerprint density at radius 2 is 2.37 bits per heavy atom. The van der Waals surface area contributed by atoms with E-state index < -0.39 is 0 Å². The molecule has 0 spiro atoms. The van der Waals surface area contributed by atoms with Gasteiger partial charge in [-0.25, -0.2) is 0 Å². The Kier molecular flexibility index (Phi) is 3.81. The molecule has 3 rings (SSSR count). The minimum absolute atomic E-state index is 0.540. The number of hydrogen-bond donors (Lipinski definition) is 0. The third kappa shape index (κ3) is 2.96. The molecule has 0 saturated carbocycles. The monoisotopic (exact) mass is 260 g/mol. The fraction of sp³-hybridized carbons (Fsp3) is 0.714. The standard InChI is InChI=1S/C14H20N4O/c15-8-13-7-14-10-17(4-2-5-18(14)16-13)9-12-3-1-6-19-11-12/h7,12H,1-6,9-11H2/t12-/m0/s1. The second-order valence-corrected chi connectivity index (χ2v) is 5.53. The van der Waals surface area contributed by atoms with E-state index in [4.69, 9.17) is 10.00 Å². The van der Waals surface area contributed by atoms with Crippen LogP contribution in [0.1, 0.15) is 30.7 Å². The Morgan fingerprint density at radius 1 is 1.42 bits per heavy atom. The molecule has 2 aliphatic heterocycles. The summed E-state index contributed by atoms with van der Waals surface area (Å²) in [5, 5.41) is 13.2. The van der Waals surface area contributed by atoms with Crippen molar-refractivity contribution in [2.45, 2.75) is 32.4 Å². The average molecular weight is 260 g/mol. The van der Waals surface area contributed by atoms with Crippen LogP contribution >= 0.6 is 0 Å². The number of fused-ring (bicyclic) bond motifs is 1. The molecule has 1 saturated heterocycles. The third-order valence-corrected chi connectivity index (χ3v) is 3.98. The molecule has 5 nitrogen and oxygen atoms in total. The highest BCUT2D eigenvalue weighted by molar-refractivity contribution is 5.22. The van der Waals surface area contributed by atoms with Crippen molar-refractivity contribution < 1.29 is 4.74 Å². The van der Waals surface area contributed by atoms with Gasteiger partial charge in [0.2, 0.25) is 0 Å². The van der Waals surface area contributed by atoms with Gasteiger partial charge in [-0.05, 0) is 31.2 Å². The summed E-state index contributed by atoms with van der Waals surface area (Å²) in [4.78, 5) is 2.49. The molecular formula is C14H20N4O. The number of hydrogen-bond acceptors (Lipinski definition) is 4. The van der Waals surface area contributed by atoms with E-state index in [1.165, 1.54) is 18.5 Å². The number of nitrogens with zero attached hydrogens (tertiary/aromatic N) is 4. The van der Waals surface area contributed by atoms with Crippen LogP contribution in [0.2, 0.25) is 0 Å². The minimum atomic E-state index is 0.540. The zero-order chi connectivity index (χ0) is 13.1. The molecule has 1 aromatic rings. The van der Waals surface area contributed by atoms with E-state index in [0.29, 0.717) is 11.6 Å². The van der Waals surface area contributed by atoms with Gasteiger partial charge in [-0.3, -0.25) is 9.58 Å². The molecule has 0 aromatic carbocycles. The van der Waals surface area contributed by atoms with Crippen LogP contribution in [-0.2, 0) is 17.8 Å². The van der Waals surface area contributed by atoms with Crippen LogP contribution in [0.4, 0.5) is 0 Å². The lowest BCUT2D eigenvalue weighted by Gasteiger charge is -2.28. The van der Waals surface area contributed by atoms with Gasteiger partial charge in [-0.15, -0.1) is 0 Å². The first-order valence-electron chi connectivity index (χ1n) is 7.12. The number of rotatable bonds is 2. The Balaban J connectivity index is 1.65. The number of ether oxygens (including phenoxy) is 1. The molecule has 1 atom stereocenters. The highest BCUT2D eigenvalue weighted by atomic mass is 16.5. The van der Waals surface area contributed by atoms with Crippen LogP contribution in [-0.4, -0.2) is 41.0 Å². The largest absolute Gasteiger partial charge is 0.381 e. The van der Waals surface area contributed by atoms with Crippen LogP contribution < -0.4 is 0 Å². The van der Waals surface area contributed by atoms with E-state index in [1.807, 2.05) is 10.7 Å². The first-order chi connectivity index (χ1) is 9.35. The van der Waals surface area contributed by atoms with Gasteiger partial charge in [0.15, 0.2) is 5.69 Å². The molecule has 0 unspecified atom stereocenters. The number of aromatic nitrogens is 2. The lowest BCUT2D eigenvalue weighted by molar-refractivity contribution is 0.0374. The van der Waals surface area contributed by atoms with E-state index in [0.717, 1.165) is 45.8 Å². The zero-order valence-corrected chi connectivity index (χ0v) is 11.2. The van der Waals surface area contributed by atoms with Crippen molar-refractivity contribution in [2.75, 3.05) is 26.3 Å². The summed E-state index contributed by atoms with van der Waals surface area (Å²) in [6.45, 7) is 5.88. The molecule has 0 amide bonds. The van der Waals surface area contributed by atoms with Crippen molar-refractivity contribution in [1.29, 1.82) is 5.26 Å². The van der Waals surface area contributed by atoms with Gasteiger partial charge in [0.25, 0.3) is 0 Å². The summed E-state index contributed by atoms with van der Waals surface area (Å²) >= 11 is 0. The fourth-order valence-corrected chi connectivity index (χ4v) is 3.06. The van der Waals surface area contributed by atoms with Crippen molar-refractivity contribution in [3.63, 3.8) is 0 Å². The topological polar surface area (TPSA) is 54.1 Å². The van der Waals surface area contributed by atoms with Gasteiger partial charge in [-0.2, -0.15) is 10.4 Å². The SMILES string of the molecule is N#Cc1cc2n(n1)CCCN(C[C@@H]1CCCOC1)C2. The maximum atomic E-state index is 8.93. The predicted molar refractivity (Wildman–Crippen MR) is 70.4 cm³/mol. The molecule has 0 aliphatic carbocycles. The second kappa shape index (κ2) is 5.72. The minimum Gasteiger partial charge on any atom is -0.381 e. The lowest BCUT2D eigenvalue weighted by atomic mass is 10.0. The highest BCUT2D eigenvalue weighted by Gasteiger charge is 2.21. The quantitative estimate of drug-likeness (QED) is 0.806. The summed E-state index contributed by atoms with van der Waals surface area (Å²) in [5.74, 6) is 0.665. The van der Waals surface area contributed by atoms with E-state index in [2.05, 4.69) is 16.1 Å². The third-order valence-electron chi connectivity index (χ3n) is 3.98. The summed E-state index contributed by atoms with van der Waals surface area (Å²) in [6, 6.07) is 4.06. The van der Waals surface area contributed by atoms with E-state index in [1.54, 1.807) is 0 Å². The Labute approximate surface area is 113 Å². The number of aryl methyl sites for hydroxylation is 1. The van der Waals surface area contributed by atoms with Gasteiger partial charge < -0.3 is 4.74 Å². The van der Waals surface area contributed by atoms with Gasteiger partial charge >= 0.3 is 0 Å². The summed E-state index contributed by atoms with van der Waals surface area (Å²) in [5.41, 5.74) is 1.71. The first-order valence-corrected chi connectivity index (χ1v) is 7.12. The molecular weight excluding hydrogens is 240 g/mol. The van der Waals surface area contributed by atoms with Gasteiger partial charge in [-0.1, -0.05) is 0 Å². The van der Waals surface area contributed by atoms with Crippen molar-refractivity contribution in [1.82, 2.24) is 14.7 Å². The molecule has 0 bridgehead atoms. The molecule has 1 aromatic heterocycles. The Bertz CT molecular complexity index is 470. The first kappa shape index (κ1) is 12.6. The molecule has 5 heteroatoms. The second-order valence-electron chi connectivity index (χ2n) is 5.53. The molecule has 3 heterocycles. The Morgan fingerprint density at radius 3 is 3.16 bits per heavy atom. The van der Waals surface area contributed by atoms with Crippen LogP contribution in [0.5, 0.6) is 0 Å². The van der Waals surface area contributed by atoms with Crippen LogP contribution in [0.15, 0.2) is 6.07 Å². The smallest absolute Gasteiger partial charge is 0.162 e. The van der Waals surface area contributed by atoms with E-state index in [-0.39, 0.29) is 0 Å². The number of nitriles is 1. The zero-order valence-electron chi connectivity index (χ0n) is 11.2. The van der Waals surface area contributed by atoms with E-state index >= 15 is 0 Å². The molecule has 19 heavy (non-hydrogen) atoms. The molecule has 1 fully saturated rings. The van der Waals surface area contributed by atoms with Crippen molar-refractivity contribution in [3.8, 4) is 6.07 Å². The summed E-state index contributed by atoms with van der Waals surface area (Å²) < 4.78 is 7.55. The molecule has 102 valence electrons. The van der Waals surface area contributed by atoms with E-state index in [9.17, 15) is 0 Å². The van der Waals surface area contributed by atoms with Gasteiger partial charge in [0, 0.05) is 32.8 Å². The maximum absolute atomic E-state index is 8.93. The van der Waals surface area contributed by atoms with Crippen LogP contribution in [0.3, 0.4) is 0 Å². The molecule has 0 N–H and O–H groups in total. The van der Waals surface area contributed by atoms with Crippen molar-refractivity contribution >= 4 is 0 Å². The maximum Gasteiger partial charge on any atom is 0.162 e. The molecule has 0 radical (unpaired) electrons. The summed E-state index contributed by atoms with van der Waals surface area (Å²) in [7, 11) is 0. The van der Waals surface area contributed by atoms with Crippen molar-refractivity contribution in [2.24, 2.45) is 5.92 Å². The lowest BCUT2D eigenvalue weighted by Crippen LogP contribution is -2.33. The predicted octanol–water partition coefficient (Wildman–Crippen LogP) is 1.39. The van der Waals surface area contributed by atoms with Crippen LogP contribution in [0, 0.1) is 17.2 Å². The molecule has 2 aliphatic rings. The highest BCUT2D eigenvalue weighted by Crippen LogP contribution is 2.19. The average Bonchev–Trinajstić information content (AvgIpc) is 2.73. The fourth-order valence-electron chi connectivity index (χ4n) is 3.06. The normalized spacial score (nSPS) is 24.5.